The Morgan fingerprint density at radius 1 is 1.50 bits per heavy atom. The minimum Gasteiger partial charge on any atom is -0.181 e. The average molecular weight is 156 g/mol. The van der Waals surface area contributed by atoms with E-state index in [0.29, 0.717) is 0 Å². The van der Waals surface area contributed by atoms with Gasteiger partial charge in [0.25, 0.3) is 0 Å². The fourth-order valence-corrected chi connectivity index (χ4v) is 1.31. The van der Waals surface area contributed by atoms with E-state index < -0.39 is 0 Å². The predicted molar refractivity (Wildman–Crippen MR) is 43.1 cm³/mol. The van der Waals surface area contributed by atoms with E-state index in [-0.39, 0.29) is 0 Å². The Kier molecular flexibility index (Phi) is 3.36. The highest BCUT2D eigenvalue weighted by Crippen LogP contribution is 2.03. The van der Waals surface area contributed by atoms with Crippen molar-refractivity contribution in [1.29, 1.82) is 0 Å². The normalized spacial score (nSPS) is 10.1. The van der Waals surface area contributed by atoms with Gasteiger partial charge in [-0.15, -0.1) is 0 Å². The summed E-state index contributed by atoms with van der Waals surface area (Å²) in [5.74, 6) is 0. The van der Waals surface area contributed by atoms with Gasteiger partial charge in [0, 0.05) is 0 Å². The maximum Gasteiger partial charge on any atom is 0.0743 e. The molecule has 0 N–H and O–H groups in total. The minimum absolute atomic E-state index is 1.10. The number of unbranched alkanes of at least 4 members (excludes halogenated alkanes) is 2. The summed E-state index contributed by atoms with van der Waals surface area (Å²) in [5.41, 5.74) is 1.15. The van der Waals surface area contributed by atoms with E-state index >= 15 is 0 Å². The summed E-state index contributed by atoms with van der Waals surface area (Å²) in [7, 11) is 0. The Bertz CT molecular complexity index is 160. The van der Waals surface area contributed by atoms with E-state index in [1.54, 1.807) is 0 Å². The molecule has 0 saturated heterocycles. The second-order valence-electron chi connectivity index (χ2n) is 2.36. The topological polar surface area (TPSA) is 25.8 Å². The molecule has 0 saturated carbocycles. The first-order chi connectivity index (χ1) is 4.93. The summed E-state index contributed by atoms with van der Waals surface area (Å²) >= 11 is 1.30. The van der Waals surface area contributed by atoms with Gasteiger partial charge in [0.05, 0.1) is 23.6 Å². The van der Waals surface area contributed by atoms with Crippen LogP contribution < -0.4 is 0 Å². The standard InChI is InChI=1S/C7H12N2S/c1-2-3-4-5-7-6-8-10-9-7/h6H,2-5H2,1H3. The second kappa shape index (κ2) is 4.39. The van der Waals surface area contributed by atoms with Crippen LogP contribution in [0.25, 0.3) is 0 Å². The van der Waals surface area contributed by atoms with Crippen LogP contribution in [0.5, 0.6) is 0 Å². The summed E-state index contributed by atoms with van der Waals surface area (Å²) in [6.07, 6.45) is 6.79. The zero-order chi connectivity index (χ0) is 7.23. The number of rotatable bonds is 4. The quantitative estimate of drug-likeness (QED) is 0.625. The van der Waals surface area contributed by atoms with Crippen LogP contribution in [-0.2, 0) is 6.42 Å². The van der Waals surface area contributed by atoms with Crippen molar-refractivity contribution in [2.75, 3.05) is 0 Å². The molecule has 1 heterocycles. The fourth-order valence-electron chi connectivity index (χ4n) is 0.850. The molecule has 0 unspecified atom stereocenters. The van der Waals surface area contributed by atoms with Crippen molar-refractivity contribution in [1.82, 2.24) is 8.75 Å². The third kappa shape index (κ3) is 2.43. The van der Waals surface area contributed by atoms with E-state index in [1.165, 1.54) is 31.0 Å². The molecule has 0 atom stereocenters. The largest absolute Gasteiger partial charge is 0.181 e. The van der Waals surface area contributed by atoms with Gasteiger partial charge in [0.2, 0.25) is 0 Å². The van der Waals surface area contributed by atoms with Crippen LogP contribution in [0.1, 0.15) is 31.9 Å². The van der Waals surface area contributed by atoms with E-state index in [4.69, 9.17) is 0 Å². The number of aromatic nitrogens is 2. The van der Waals surface area contributed by atoms with Crippen molar-refractivity contribution in [2.45, 2.75) is 32.6 Å². The van der Waals surface area contributed by atoms with Crippen LogP contribution in [0.4, 0.5) is 0 Å². The second-order valence-corrected chi connectivity index (χ2v) is 2.91. The molecule has 1 aromatic heterocycles. The van der Waals surface area contributed by atoms with Gasteiger partial charge in [-0.25, -0.2) is 0 Å². The van der Waals surface area contributed by atoms with Crippen LogP contribution in [0.2, 0.25) is 0 Å². The third-order valence-corrected chi connectivity index (χ3v) is 1.96. The first-order valence-corrected chi connectivity index (χ1v) is 4.43. The Morgan fingerprint density at radius 2 is 2.40 bits per heavy atom. The predicted octanol–water partition coefficient (Wildman–Crippen LogP) is 2.27. The summed E-state index contributed by atoms with van der Waals surface area (Å²) in [6, 6.07) is 0. The van der Waals surface area contributed by atoms with Gasteiger partial charge in [-0.2, -0.15) is 8.75 Å². The zero-order valence-electron chi connectivity index (χ0n) is 6.21. The number of nitrogens with zero attached hydrogens (tertiary/aromatic N) is 2. The molecule has 56 valence electrons. The Hall–Kier alpha value is -0.440. The van der Waals surface area contributed by atoms with Gasteiger partial charge in [0.1, 0.15) is 0 Å². The molecule has 0 aliphatic rings. The molecular weight excluding hydrogens is 144 g/mol. The minimum atomic E-state index is 1.10. The molecular formula is C7H12N2S. The monoisotopic (exact) mass is 156 g/mol. The summed E-state index contributed by atoms with van der Waals surface area (Å²) in [5, 5.41) is 0. The third-order valence-electron chi connectivity index (χ3n) is 1.44. The molecule has 0 aromatic carbocycles. The first kappa shape index (κ1) is 7.66. The van der Waals surface area contributed by atoms with Crippen LogP contribution in [0.15, 0.2) is 6.20 Å². The maximum absolute atomic E-state index is 4.12. The summed E-state index contributed by atoms with van der Waals surface area (Å²) in [4.78, 5) is 0. The van der Waals surface area contributed by atoms with Crippen LogP contribution in [0.3, 0.4) is 0 Å². The molecule has 0 fully saturated rings. The van der Waals surface area contributed by atoms with Gasteiger partial charge in [0.15, 0.2) is 0 Å². The summed E-state index contributed by atoms with van der Waals surface area (Å²) in [6.45, 7) is 2.21. The van der Waals surface area contributed by atoms with E-state index in [9.17, 15) is 0 Å². The molecule has 0 aliphatic carbocycles. The van der Waals surface area contributed by atoms with Gasteiger partial charge >= 0.3 is 0 Å². The van der Waals surface area contributed by atoms with Gasteiger partial charge in [-0.05, 0) is 12.8 Å². The van der Waals surface area contributed by atoms with Crippen LogP contribution in [-0.4, -0.2) is 8.75 Å². The highest BCUT2D eigenvalue weighted by molar-refractivity contribution is 6.99. The van der Waals surface area contributed by atoms with E-state index in [0.717, 1.165) is 12.1 Å². The highest BCUT2D eigenvalue weighted by atomic mass is 32.1. The lowest BCUT2D eigenvalue weighted by molar-refractivity contribution is 0.710. The van der Waals surface area contributed by atoms with E-state index in [1.807, 2.05) is 6.20 Å². The average Bonchev–Trinajstić information content (AvgIpc) is 2.41. The molecule has 1 aromatic rings. The zero-order valence-corrected chi connectivity index (χ0v) is 7.02. The molecule has 0 radical (unpaired) electrons. The number of hydrogen-bond donors (Lipinski definition) is 0. The smallest absolute Gasteiger partial charge is 0.0743 e. The lowest BCUT2D eigenvalue weighted by Gasteiger charge is -1.91. The molecule has 0 aliphatic heterocycles. The van der Waals surface area contributed by atoms with Crippen LogP contribution in [0, 0.1) is 0 Å². The van der Waals surface area contributed by atoms with Crippen molar-refractivity contribution in [3.63, 3.8) is 0 Å². The molecule has 1 rings (SSSR count). The van der Waals surface area contributed by atoms with Crippen molar-refractivity contribution >= 4 is 11.7 Å². The van der Waals surface area contributed by atoms with Crippen molar-refractivity contribution in [3.05, 3.63) is 11.9 Å². The Morgan fingerprint density at radius 3 is 3.00 bits per heavy atom. The van der Waals surface area contributed by atoms with Crippen molar-refractivity contribution in [2.24, 2.45) is 0 Å². The lowest BCUT2D eigenvalue weighted by atomic mass is 10.2. The van der Waals surface area contributed by atoms with Gasteiger partial charge < -0.3 is 0 Å². The molecule has 0 bridgehead atoms. The fraction of sp³-hybridized carbons (Fsp3) is 0.714. The Labute approximate surface area is 65.6 Å². The number of aryl methyl sites for hydroxylation is 1. The molecule has 10 heavy (non-hydrogen) atoms. The molecule has 3 heteroatoms. The van der Waals surface area contributed by atoms with Gasteiger partial charge in [-0.1, -0.05) is 19.8 Å². The SMILES string of the molecule is CCCCCc1cnsn1. The molecule has 2 nitrogen and oxygen atoms in total. The van der Waals surface area contributed by atoms with Gasteiger partial charge in [-0.3, -0.25) is 0 Å². The highest BCUT2D eigenvalue weighted by Gasteiger charge is 1.93. The molecule has 0 amide bonds. The maximum atomic E-state index is 4.12. The first-order valence-electron chi connectivity index (χ1n) is 3.70. The molecule has 0 spiro atoms. The Balaban J connectivity index is 2.15. The van der Waals surface area contributed by atoms with E-state index in [2.05, 4.69) is 15.7 Å². The summed E-state index contributed by atoms with van der Waals surface area (Å²) < 4.78 is 8.05. The lowest BCUT2D eigenvalue weighted by Crippen LogP contribution is -1.83. The number of hydrogen-bond acceptors (Lipinski definition) is 3. The van der Waals surface area contributed by atoms with Crippen molar-refractivity contribution in [3.8, 4) is 0 Å². The van der Waals surface area contributed by atoms with Crippen molar-refractivity contribution < 1.29 is 0 Å². The van der Waals surface area contributed by atoms with Crippen LogP contribution >= 0.6 is 11.7 Å².